The third-order valence-electron chi connectivity index (χ3n) is 19.7. The molecule has 16 bridgehead atoms. The third kappa shape index (κ3) is 4.82. The van der Waals surface area contributed by atoms with Gasteiger partial charge in [-0.25, -0.2) is 0 Å². The van der Waals surface area contributed by atoms with Gasteiger partial charge in [-0.1, -0.05) is 15.8 Å². The Kier molecular flexibility index (Phi) is 7.12. The summed E-state index contributed by atoms with van der Waals surface area (Å²) in [5.74, 6) is 13.6. The van der Waals surface area contributed by atoms with Crippen molar-refractivity contribution in [1.82, 2.24) is 4.90 Å². The van der Waals surface area contributed by atoms with Crippen molar-refractivity contribution in [3.05, 3.63) is 0 Å². The zero-order valence-corrected chi connectivity index (χ0v) is 32.9. The van der Waals surface area contributed by atoms with E-state index in [4.69, 9.17) is 0 Å². The van der Waals surface area contributed by atoms with Crippen LogP contribution in [0, 0.1) is 71.0 Å². The van der Waals surface area contributed by atoms with Crippen molar-refractivity contribution in [2.45, 2.75) is 175 Å². The van der Waals surface area contributed by atoms with Crippen molar-refractivity contribution in [3.8, 4) is 0 Å². The minimum Gasteiger partial charge on any atom is -0.306 e. The summed E-state index contributed by atoms with van der Waals surface area (Å²) in [6.07, 6.45) is 43.3. The van der Waals surface area contributed by atoms with Gasteiger partial charge in [0, 0.05) is 13.1 Å². The molecule has 0 radical (unpaired) electrons. The smallest absolute Gasteiger partial charge is 0.00181 e. The SMILES string of the molecule is CN(CCP(C12CC3CC(CC(C3)C1)C2)C12CC3CC(CC(C3)C1)C2)CCP(C12CC3CC(CC(C3)C1)C2)C12CC3CC(CC(C3)C1)C2. The Morgan fingerprint density at radius 1 is 0.333 bits per heavy atom. The van der Waals surface area contributed by atoms with Crippen LogP contribution in [-0.2, 0) is 0 Å². The molecule has 16 rings (SSSR count). The highest BCUT2D eigenvalue weighted by Gasteiger charge is 2.64. The lowest BCUT2D eigenvalue weighted by Gasteiger charge is -2.68. The molecule has 0 aromatic rings. The van der Waals surface area contributed by atoms with Gasteiger partial charge in [0.2, 0.25) is 0 Å². The first kappa shape index (κ1) is 31.2. The van der Waals surface area contributed by atoms with E-state index in [0.717, 1.165) is 91.6 Å². The molecular formula is C45H71NP2. The molecule has 0 unspecified atom stereocenters. The van der Waals surface area contributed by atoms with Gasteiger partial charge in [0.1, 0.15) is 0 Å². The Balaban J connectivity index is 0.817. The minimum absolute atomic E-state index is 0.151. The van der Waals surface area contributed by atoms with Crippen molar-refractivity contribution in [3.63, 3.8) is 0 Å². The zero-order chi connectivity index (χ0) is 31.5. The molecule has 0 aromatic heterocycles. The molecule has 1 nitrogen and oxygen atoms in total. The normalized spacial score (nSPS) is 58.9. The van der Waals surface area contributed by atoms with Crippen LogP contribution in [0.25, 0.3) is 0 Å². The number of hydrogen-bond acceptors (Lipinski definition) is 1. The van der Waals surface area contributed by atoms with E-state index in [-0.39, 0.29) is 15.8 Å². The molecule has 0 aliphatic heterocycles. The molecule has 0 heterocycles. The van der Waals surface area contributed by atoms with Gasteiger partial charge in [-0.15, -0.1) is 0 Å². The summed E-state index contributed by atoms with van der Waals surface area (Å²) in [4.78, 5) is 3.02. The van der Waals surface area contributed by atoms with Gasteiger partial charge in [-0.05, 0) is 265 Å². The van der Waals surface area contributed by atoms with Gasteiger partial charge in [-0.3, -0.25) is 0 Å². The van der Waals surface area contributed by atoms with E-state index in [1.165, 1.54) is 13.1 Å². The van der Waals surface area contributed by atoms with E-state index in [1.54, 1.807) is 166 Å². The largest absolute Gasteiger partial charge is 0.306 e. The first-order chi connectivity index (χ1) is 23.3. The Morgan fingerprint density at radius 3 is 0.667 bits per heavy atom. The van der Waals surface area contributed by atoms with Crippen LogP contribution in [0.1, 0.15) is 154 Å². The average Bonchev–Trinajstić information content (AvgIpc) is 2.98. The van der Waals surface area contributed by atoms with Gasteiger partial charge in [-0.2, -0.15) is 0 Å². The minimum atomic E-state index is 0.151. The maximum absolute atomic E-state index is 3.02. The highest BCUT2D eigenvalue weighted by atomic mass is 31.1. The highest BCUT2D eigenvalue weighted by molar-refractivity contribution is 7.61. The molecule has 0 N–H and O–H groups in total. The van der Waals surface area contributed by atoms with Crippen LogP contribution in [0.2, 0.25) is 0 Å². The molecule has 48 heavy (non-hydrogen) atoms. The first-order valence-corrected chi connectivity index (χ1v) is 25.6. The monoisotopic (exact) mass is 688 g/mol. The van der Waals surface area contributed by atoms with Crippen LogP contribution in [0.4, 0.5) is 0 Å². The topological polar surface area (TPSA) is 3.24 Å². The second-order valence-electron chi connectivity index (χ2n) is 23.2. The van der Waals surface area contributed by atoms with Gasteiger partial charge >= 0.3 is 0 Å². The van der Waals surface area contributed by atoms with Crippen LogP contribution in [0.15, 0.2) is 0 Å². The maximum Gasteiger partial charge on any atom is 0.00181 e. The molecule has 0 amide bonds. The number of rotatable bonds is 10. The molecule has 0 atom stereocenters. The van der Waals surface area contributed by atoms with Crippen LogP contribution >= 0.6 is 15.8 Å². The highest BCUT2D eigenvalue weighted by Crippen LogP contribution is 2.80. The lowest BCUT2D eigenvalue weighted by atomic mass is 9.55. The molecule has 0 saturated heterocycles. The van der Waals surface area contributed by atoms with Crippen LogP contribution < -0.4 is 0 Å². The van der Waals surface area contributed by atoms with E-state index >= 15 is 0 Å². The van der Waals surface area contributed by atoms with Crippen LogP contribution in [0.5, 0.6) is 0 Å². The summed E-state index contributed by atoms with van der Waals surface area (Å²) in [7, 11) is 2.96. The van der Waals surface area contributed by atoms with Crippen molar-refractivity contribution in [1.29, 1.82) is 0 Å². The molecule has 16 aliphatic carbocycles. The summed E-state index contributed by atoms with van der Waals surface area (Å²) in [6, 6.07) is 0. The summed E-state index contributed by atoms with van der Waals surface area (Å²) < 4.78 is 0. The molecule has 16 saturated carbocycles. The van der Waals surface area contributed by atoms with E-state index in [9.17, 15) is 0 Å². The predicted octanol–water partition coefficient (Wildman–Crippen LogP) is 11.8. The van der Waals surface area contributed by atoms with Crippen LogP contribution in [-0.4, -0.2) is 58.0 Å². The fraction of sp³-hybridized carbons (Fsp3) is 1.00. The molecule has 16 fully saturated rings. The fourth-order valence-electron chi connectivity index (χ4n) is 20.2. The summed E-state index contributed by atoms with van der Waals surface area (Å²) in [6.45, 7) is 2.94. The van der Waals surface area contributed by atoms with Crippen LogP contribution in [0.3, 0.4) is 0 Å². The summed E-state index contributed by atoms with van der Waals surface area (Å²) >= 11 is 0. The Morgan fingerprint density at radius 2 is 0.500 bits per heavy atom. The van der Waals surface area contributed by atoms with Gasteiger partial charge in [0.15, 0.2) is 0 Å². The predicted molar refractivity (Wildman–Crippen MR) is 205 cm³/mol. The Bertz CT molecular complexity index is 958. The standard InChI is InChI=1S/C45H71NP2/c1-46(2-4-47(42-18-30-6-31(19-42)8-32(7-30)20-42)43-21-33-9-34(22-43)11-35(10-33)23-43)3-5-48(44-24-36-12-37(25-44)14-38(13-36)26-44)45-27-39-15-40(28-45)17-41(16-39)29-45/h30-41H,2-29H2,1H3. The second kappa shape index (κ2) is 11.0. The lowest BCUT2D eigenvalue weighted by Crippen LogP contribution is -2.57. The lowest BCUT2D eigenvalue weighted by molar-refractivity contribution is 0.0184. The van der Waals surface area contributed by atoms with Crippen molar-refractivity contribution in [2.24, 2.45) is 71.0 Å². The number of hydrogen-bond donors (Lipinski definition) is 0. The van der Waals surface area contributed by atoms with Gasteiger partial charge < -0.3 is 4.90 Å². The average molecular weight is 688 g/mol. The third-order valence-corrected chi connectivity index (χ3v) is 27.8. The molecule has 0 aromatic carbocycles. The molecule has 3 heteroatoms. The van der Waals surface area contributed by atoms with Gasteiger partial charge in [0.05, 0.1) is 0 Å². The summed E-state index contributed by atoms with van der Waals surface area (Å²) in [5, 5.41) is 3.28. The zero-order valence-electron chi connectivity index (χ0n) is 31.1. The fourth-order valence-corrected chi connectivity index (χ4v) is 30.9. The first-order valence-electron chi connectivity index (χ1n) is 22.5. The Hall–Kier alpha value is 0.820. The van der Waals surface area contributed by atoms with E-state index in [0.29, 0.717) is 0 Å². The molecule has 16 aliphatic rings. The van der Waals surface area contributed by atoms with Crippen molar-refractivity contribution >= 4 is 15.8 Å². The maximum atomic E-state index is 3.02. The quantitative estimate of drug-likeness (QED) is 0.207. The number of nitrogens with zero attached hydrogens (tertiary/aromatic N) is 1. The molecule has 266 valence electrons. The van der Waals surface area contributed by atoms with Gasteiger partial charge in [0.25, 0.3) is 0 Å². The molecule has 0 spiro atoms. The Labute approximate surface area is 297 Å². The van der Waals surface area contributed by atoms with E-state index in [2.05, 4.69) is 11.9 Å². The summed E-state index contributed by atoms with van der Waals surface area (Å²) in [5.41, 5.74) is 0. The van der Waals surface area contributed by atoms with E-state index in [1.807, 2.05) is 0 Å². The second-order valence-corrected chi connectivity index (χ2v) is 29.6. The molecular weight excluding hydrogens is 616 g/mol. The van der Waals surface area contributed by atoms with Crippen molar-refractivity contribution in [2.75, 3.05) is 32.5 Å². The van der Waals surface area contributed by atoms with Crippen molar-refractivity contribution < 1.29 is 0 Å². The van der Waals surface area contributed by atoms with E-state index < -0.39 is 0 Å².